The van der Waals surface area contributed by atoms with Crippen LogP contribution in [0.3, 0.4) is 0 Å². The number of aromatic nitrogens is 2. The maximum Gasteiger partial charge on any atom is 0.237 e. The largest absolute Gasteiger partial charge is 0.392 e. The highest BCUT2D eigenvalue weighted by Gasteiger charge is 2.21. The fraction of sp³-hybridized carbons (Fsp3) is 0.167. The number of aryl methyl sites for hydroxylation is 1. The molecule has 31 heavy (non-hydrogen) atoms. The van der Waals surface area contributed by atoms with Crippen molar-refractivity contribution < 1.29 is 9.90 Å². The molecular weight excluding hydrogens is 430 g/mol. The summed E-state index contributed by atoms with van der Waals surface area (Å²) in [6.45, 7) is 3.79. The van der Waals surface area contributed by atoms with Crippen LogP contribution in [0.2, 0.25) is 5.02 Å². The lowest BCUT2D eigenvalue weighted by molar-refractivity contribution is -0.115. The molecule has 7 heteroatoms. The van der Waals surface area contributed by atoms with Gasteiger partial charge in [-0.05, 0) is 61.4 Å². The van der Waals surface area contributed by atoms with E-state index in [0.717, 1.165) is 33.0 Å². The van der Waals surface area contributed by atoms with E-state index >= 15 is 0 Å². The van der Waals surface area contributed by atoms with Crippen LogP contribution in [-0.4, -0.2) is 25.8 Å². The summed E-state index contributed by atoms with van der Waals surface area (Å²) in [4.78, 5) is 17.6. The van der Waals surface area contributed by atoms with Gasteiger partial charge < -0.3 is 10.4 Å². The number of hydrogen-bond donors (Lipinski definition) is 2. The zero-order chi connectivity index (χ0) is 22.0. The first-order chi connectivity index (χ1) is 15.0. The van der Waals surface area contributed by atoms with E-state index in [-0.39, 0.29) is 12.5 Å². The number of para-hydroxylation sites is 2. The molecule has 0 bridgehead atoms. The number of carbonyl (C=O) groups excluding carboxylic acids is 1. The van der Waals surface area contributed by atoms with E-state index in [4.69, 9.17) is 16.6 Å². The number of nitrogens with one attached hydrogen (secondary N) is 1. The summed E-state index contributed by atoms with van der Waals surface area (Å²) in [5, 5.41) is 13.1. The molecule has 0 radical (unpaired) electrons. The van der Waals surface area contributed by atoms with Gasteiger partial charge in [0, 0.05) is 5.69 Å². The molecule has 0 fully saturated rings. The summed E-state index contributed by atoms with van der Waals surface area (Å²) in [5.41, 5.74) is 5.19. The molecule has 4 rings (SSSR count). The number of aliphatic hydroxyl groups excluding tert-OH is 1. The summed E-state index contributed by atoms with van der Waals surface area (Å²) in [5.74, 6) is -0.148. The smallest absolute Gasteiger partial charge is 0.237 e. The molecule has 0 saturated heterocycles. The topological polar surface area (TPSA) is 67.2 Å². The Morgan fingerprint density at radius 1 is 1.16 bits per heavy atom. The standard InChI is InChI=1S/C24H22ClN3O2S/c1-15-7-12-20(19(25)13-15)26-23(30)16(2)31-24-27-21-5-3-4-6-22(21)28(24)18-10-8-17(14-29)9-11-18/h3-13,16,29H,14H2,1-2H3,(H,26,30). The van der Waals surface area contributed by atoms with Crippen LogP contribution in [0.15, 0.2) is 71.9 Å². The van der Waals surface area contributed by atoms with E-state index in [0.29, 0.717) is 10.7 Å². The third-order valence-electron chi connectivity index (χ3n) is 4.94. The third kappa shape index (κ3) is 4.61. The van der Waals surface area contributed by atoms with E-state index in [1.54, 1.807) is 0 Å². The van der Waals surface area contributed by atoms with Gasteiger partial charge in [-0.1, -0.05) is 53.7 Å². The number of carbonyl (C=O) groups is 1. The van der Waals surface area contributed by atoms with Gasteiger partial charge in [-0.2, -0.15) is 0 Å². The third-order valence-corrected chi connectivity index (χ3v) is 6.31. The molecule has 3 aromatic carbocycles. The Hall–Kier alpha value is -2.80. The first-order valence-corrected chi connectivity index (χ1v) is 11.1. The molecule has 2 N–H and O–H groups in total. The molecule has 0 saturated carbocycles. The number of hydrogen-bond acceptors (Lipinski definition) is 4. The number of thioether (sulfide) groups is 1. The summed E-state index contributed by atoms with van der Waals surface area (Å²) in [6.07, 6.45) is 0. The van der Waals surface area contributed by atoms with Crippen molar-refractivity contribution in [3.63, 3.8) is 0 Å². The molecule has 4 aromatic rings. The molecule has 0 spiro atoms. The second kappa shape index (κ2) is 9.14. The Morgan fingerprint density at radius 2 is 1.90 bits per heavy atom. The Morgan fingerprint density at radius 3 is 2.61 bits per heavy atom. The molecule has 1 heterocycles. The second-order valence-corrected chi connectivity index (χ2v) is 8.99. The van der Waals surface area contributed by atoms with Crippen molar-refractivity contribution in [3.05, 3.63) is 82.9 Å². The number of fused-ring (bicyclic) bond motifs is 1. The Labute approximate surface area is 190 Å². The van der Waals surface area contributed by atoms with Crippen molar-refractivity contribution >= 4 is 46.0 Å². The maximum atomic E-state index is 12.8. The lowest BCUT2D eigenvalue weighted by Crippen LogP contribution is -2.23. The summed E-state index contributed by atoms with van der Waals surface area (Å²) < 4.78 is 2.03. The summed E-state index contributed by atoms with van der Waals surface area (Å²) in [6, 6.07) is 21.1. The van der Waals surface area contributed by atoms with Crippen molar-refractivity contribution in [2.45, 2.75) is 30.9 Å². The maximum absolute atomic E-state index is 12.8. The minimum Gasteiger partial charge on any atom is -0.392 e. The number of halogens is 1. The van der Waals surface area contributed by atoms with Crippen molar-refractivity contribution in [2.75, 3.05) is 5.32 Å². The first kappa shape index (κ1) is 21.4. The van der Waals surface area contributed by atoms with Gasteiger partial charge in [0.15, 0.2) is 5.16 Å². The number of rotatable bonds is 6. The van der Waals surface area contributed by atoms with Gasteiger partial charge in [-0.15, -0.1) is 0 Å². The Kier molecular flexibility index (Phi) is 6.32. The van der Waals surface area contributed by atoms with E-state index in [9.17, 15) is 9.90 Å². The van der Waals surface area contributed by atoms with Gasteiger partial charge in [-0.25, -0.2) is 4.98 Å². The van der Waals surface area contributed by atoms with Crippen molar-refractivity contribution in [2.24, 2.45) is 0 Å². The molecule has 1 amide bonds. The van der Waals surface area contributed by atoms with E-state index in [1.165, 1.54) is 11.8 Å². The number of imidazole rings is 1. The summed E-state index contributed by atoms with van der Waals surface area (Å²) >= 11 is 7.65. The monoisotopic (exact) mass is 451 g/mol. The van der Waals surface area contributed by atoms with Crippen molar-refractivity contribution in [3.8, 4) is 5.69 Å². The van der Waals surface area contributed by atoms with Crippen LogP contribution in [0.25, 0.3) is 16.7 Å². The minimum absolute atomic E-state index is 0.00859. The average molecular weight is 452 g/mol. The SMILES string of the molecule is Cc1ccc(NC(=O)C(C)Sc2nc3ccccc3n2-c2ccc(CO)cc2)c(Cl)c1. The van der Waals surface area contributed by atoms with Gasteiger partial charge in [0.2, 0.25) is 5.91 Å². The lowest BCUT2D eigenvalue weighted by atomic mass is 10.2. The van der Waals surface area contributed by atoms with Crippen LogP contribution < -0.4 is 5.32 Å². The quantitative estimate of drug-likeness (QED) is 0.374. The highest BCUT2D eigenvalue weighted by Crippen LogP contribution is 2.31. The summed E-state index contributed by atoms with van der Waals surface area (Å²) in [7, 11) is 0. The normalized spacial score (nSPS) is 12.1. The number of nitrogens with zero attached hydrogens (tertiary/aromatic N) is 2. The Balaban J connectivity index is 1.63. The van der Waals surface area contributed by atoms with E-state index in [1.807, 2.05) is 85.1 Å². The van der Waals surface area contributed by atoms with Crippen molar-refractivity contribution in [1.29, 1.82) is 0 Å². The molecule has 1 unspecified atom stereocenters. The molecular formula is C24H22ClN3O2S. The molecule has 1 atom stereocenters. The van der Waals surface area contributed by atoms with E-state index < -0.39 is 5.25 Å². The number of aliphatic hydroxyl groups is 1. The molecule has 5 nitrogen and oxygen atoms in total. The zero-order valence-electron chi connectivity index (χ0n) is 17.2. The Bertz CT molecular complexity index is 1240. The lowest BCUT2D eigenvalue weighted by Gasteiger charge is -2.14. The highest BCUT2D eigenvalue weighted by molar-refractivity contribution is 8.00. The predicted molar refractivity (Wildman–Crippen MR) is 127 cm³/mol. The van der Waals surface area contributed by atoms with Crippen LogP contribution in [0, 0.1) is 6.92 Å². The van der Waals surface area contributed by atoms with Crippen LogP contribution >= 0.6 is 23.4 Å². The van der Waals surface area contributed by atoms with Gasteiger partial charge in [0.1, 0.15) is 0 Å². The number of amides is 1. The van der Waals surface area contributed by atoms with E-state index in [2.05, 4.69) is 5.32 Å². The fourth-order valence-corrected chi connectivity index (χ4v) is 4.48. The molecule has 0 aliphatic carbocycles. The van der Waals surface area contributed by atoms with Gasteiger partial charge in [0.25, 0.3) is 0 Å². The van der Waals surface area contributed by atoms with Gasteiger partial charge >= 0.3 is 0 Å². The minimum atomic E-state index is -0.398. The van der Waals surface area contributed by atoms with Crippen LogP contribution in [0.4, 0.5) is 5.69 Å². The molecule has 158 valence electrons. The fourth-order valence-electron chi connectivity index (χ4n) is 3.25. The van der Waals surface area contributed by atoms with Gasteiger partial charge in [0.05, 0.1) is 33.6 Å². The van der Waals surface area contributed by atoms with Gasteiger partial charge in [-0.3, -0.25) is 9.36 Å². The van der Waals surface area contributed by atoms with Crippen LogP contribution in [-0.2, 0) is 11.4 Å². The first-order valence-electron chi connectivity index (χ1n) is 9.87. The molecule has 0 aliphatic heterocycles. The molecule has 1 aromatic heterocycles. The number of anilines is 1. The predicted octanol–water partition coefficient (Wildman–Crippen LogP) is 5.60. The van der Waals surface area contributed by atoms with Crippen molar-refractivity contribution in [1.82, 2.24) is 9.55 Å². The van der Waals surface area contributed by atoms with Crippen LogP contribution in [0.1, 0.15) is 18.1 Å². The molecule has 0 aliphatic rings. The average Bonchev–Trinajstić information content (AvgIpc) is 3.13. The zero-order valence-corrected chi connectivity index (χ0v) is 18.7. The number of benzene rings is 3. The second-order valence-electron chi connectivity index (χ2n) is 7.28. The highest BCUT2D eigenvalue weighted by atomic mass is 35.5. The van der Waals surface area contributed by atoms with Crippen LogP contribution in [0.5, 0.6) is 0 Å².